The minimum Gasteiger partial charge on any atom is -0.400 e. The first-order valence-corrected chi connectivity index (χ1v) is 9.08. The Hall–Kier alpha value is -3.43. The Bertz CT molecular complexity index is 946. The van der Waals surface area contributed by atoms with Gasteiger partial charge in [0.25, 0.3) is 5.91 Å². The van der Waals surface area contributed by atoms with Gasteiger partial charge in [-0.05, 0) is 24.3 Å². The molecule has 0 saturated heterocycles. The number of nitrogens with zero attached hydrogens (tertiary/aromatic N) is 1. The van der Waals surface area contributed by atoms with Crippen LogP contribution < -0.4 is 10.6 Å². The molecule has 4 N–H and O–H groups in total. The minimum atomic E-state index is -0.294. The molecule has 0 atom stereocenters. The fraction of sp³-hybridized carbons (Fsp3) is 0.238. The first-order chi connectivity index (χ1) is 14.7. The van der Waals surface area contributed by atoms with Gasteiger partial charge in [0.2, 0.25) is 0 Å². The SMILES string of the molecule is C=O.CO.O=Cc1ccccc1C(=O)NCCNCCc1nc2ccc(F)cc2[nH]1. The summed E-state index contributed by atoms with van der Waals surface area (Å²) in [7, 11) is 1.00. The molecule has 2 aromatic carbocycles. The number of hydrogen-bond donors (Lipinski definition) is 4. The van der Waals surface area contributed by atoms with Crippen molar-refractivity contribution in [2.75, 3.05) is 26.7 Å². The van der Waals surface area contributed by atoms with Crippen LogP contribution in [0.4, 0.5) is 4.39 Å². The van der Waals surface area contributed by atoms with E-state index in [2.05, 4.69) is 20.6 Å². The van der Waals surface area contributed by atoms with Gasteiger partial charge < -0.3 is 25.5 Å². The third kappa shape index (κ3) is 7.19. The molecular formula is C21H25FN4O4. The van der Waals surface area contributed by atoms with Crippen LogP contribution >= 0.6 is 0 Å². The molecule has 0 aliphatic rings. The zero-order chi connectivity index (χ0) is 22.4. The average molecular weight is 416 g/mol. The molecule has 1 amide bonds. The fourth-order valence-corrected chi connectivity index (χ4v) is 2.65. The Kier molecular flexibility index (Phi) is 11.2. The highest BCUT2D eigenvalue weighted by atomic mass is 19.1. The summed E-state index contributed by atoms with van der Waals surface area (Å²) in [5.41, 5.74) is 2.17. The van der Waals surface area contributed by atoms with E-state index in [-0.39, 0.29) is 11.7 Å². The van der Waals surface area contributed by atoms with Crippen molar-refractivity contribution in [3.8, 4) is 0 Å². The van der Waals surface area contributed by atoms with Crippen LogP contribution in [0.5, 0.6) is 0 Å². The number of imidazole rings is 1. The number of rotatable bonds is 8. The number of carbonyl (C=O) groups excluding carboxylic acids is 3. The van der Waals surface area contributed by atoms with Crippen molar-refractivity contribution in [2.45, 2.75) is 6.42 Å². The molecule has 0 spiro atoms. The molecule has 3 aromatic rings. The van der Waals surface area contributed by atoms with Crippen molar-refractivity contribution >= 4 is 30.0 Å². The second kappa shape index (κ2) is 13.7. The molecule has 3 rings (SSSR count). The maximum Gasteiger partial charge on any atom is 0.252 e. The molecule has 0 aliphatic heterocycles. The Labute approximate surface area is 173 Å². The van der Waals surface area contributed by atoms with E-state index in [0.29, 0.717) is 49.0 Å². The zero-order valence-corrected chi connectivity index (χ0v) is 16.7. The summed E-state index contributed by atoms with van der Waals surface area (Å²) in [6.45, 7) is 3.70. The van der Waals surface area contributed by atoms with Gasteiger partial charge in [-0.25, -0.2) is 9.37 Å². The lowest BCUT2D eigenvalue weighted by molar-refractivity contribution is -0.0980. The number of hydrogen-bond acceptors (Lipinski definition) is 6. The number of aldehydes is 1. The van der Waals surface area contributed by atoms with Crippen LogP contribution in [0.15, 0.2) is 42.5 Å². The number of H-pyrrole nitrogens is 1. The monoisotopic (exact) mass is 416 g/mol. The normalized spacial score (nSPS) is 9.70. The third-order valence-electron chi connectivity index (χ3n) is 3.95. The second-order valence-electron chi connectivity index (χ2n) is 5.81. The minimum absolute atomic E-state index is 0.270. The van der Waals surface area contributed by atoms with E-state index in [4.69, 9.17) is 9.90 Å². The summed E-state index contributed by atoms with van der Waals surface area (Å²) in [5, 5.41) is 13.0. The molecule has 0 bridgehead atoms. The van der Waals surface area contributed by atoms with Crippen molar-refractivity contribution in [3.63, 3.8) is 0 Å². The van der Waals surface area contributed by atoms with Gasteiger partial charge >= 0.3 is 0 Å². The van der Waals surface area contributed by atoms with E-state index in [0.717, 1.165) is 18.5 Å². The highest BCUT2D eigenvalue weighted by Crippen LogP contribution is 2.12. The van der Waals surface area contributed by atoms with Gasteiger partial charge in [-0.1, -0.05) is 18.2 Å². The van der Waals surface area contributed by atoms with Crippen LogP contribution in [0.25, 0.3) is 11.0 Å². The zero-order valence-electron chi connectivity index (χ0n) is 16.7. The molecule has 1 heterocycles. The number of aliphatic hydroxyl groups excluding tert-OH is 1. The topological polar surface area (TPSA) is 124 Å². The van der Waals surface area contributed by atoms with E-state index < -0.39 is 0 Å². The summed E-state index contributed by atoms with van der Waals surface area (Å²) in [6, 6.07) is 11.1. The average Bonchev–Trinajstić information content (AvgIpc) is 3.20. The highest BCUT2D eigenvalue weighted by Gasteiger charge is 2.09. The van der Waals surface area contributed by atoms with Crippen LogP contribution in [0.2, 0.25) is 0 Å². The molecule has 0 fully saturated rings. The van der Waals surface area contributed by atoms with Crippen molar-refractivity contribution in [1.29, 1.82) is 0 Å². The summed E-state index contributed by atoms with van der Waals surface area (Å²) in [6.07, 6.45) is 1.34. The van der Waals surface area contributed by atoms with E-state index in [9.17, 15) is 14.0 Å². The van der Waals surface area contributed by atoms with Crippen molar-refractivity contribution in [1.82, 2.24) is 20.6 Å². The van der Waals surface area contributed by atoms with Crippen LogP contribution in [0.3, 0.4) is 0 Å². The molecule has 0 unspecified atom stereocenters. The van der Waals surface area contributed by atoms with Gasteiger partial charge in [0.15, 0.2) is 6.29 Å². The number of fused-ring (bicyclic) bond motifs is 1. The van der Waals surface area contributed by atoms with Gasteiger partial charge in [0.1, 0.15) is 18.4 Å². The molecule has 30 heavy (non-hydrogen) atoms. The number of aromatic nitrogens is 2. The smallest absolute Gasteiger partial charge is 0.252 e. The molecule has 9 heteroatoms. The Balaban J connectivity index is 0.00000106. The third-order valence-corrected chi connectivity index (χ3v) is 3.95. The summed E-state index contributed by atoms with van der Waals surface area (Å²) in [5.74, 6) is 0.216. The van der Waals surface area contributed by atoms with Crippen LogP contribution in [0, 0.1) is 5.82 Å². The van der Waals surface area contributed by atoms with E-state index in [1.165, 1.54) is 12.1 Å². The number of aliphatic hydroxyl groups is 1. The standard InChI is InChI=1S/C19H19FN4O2.CH4O.CH2O/c20-14-5-6-16-17(11-14)24-18(23-16)7-8-21-9-10-22-19(26)15-4-2-1-3-13(15)12-25;2*1-2/h1-6,11-12,21H,7-10H2,(H,22,26)(H,23,24);2H,1H3;1H2. The van der Waals surface area contributed by atoms with Gasteiger partial charge in [0.05, 0.1) is 11.0 Å². The molecule has 0 aliphatic carbocycles. The van der Waals surface area contributed by atoms with Crippen molar-refractivity contribution < 1.29 is 23.9 Å². The van der Waals surface area contributed by atoms with E-state index in [1.807, 2.05) is 6.79 Å². The Morgan fingerprint density at radius 2 is 1.90 bits per heavy atom. The lowest BCUT2D eigenvalue weighted by Crippen LogP contribution is -2.33. The Morgan fingerprint density at radius 3 is 2.63 bits per heavy atom. The number of aromatic amines is 1. The number of benzene rings is 2. The highest BCUT2D eigenvalue weighted by molar-refractivity contribution is 6.01. The fourth-order valence-electron chi connectivity index (χ4n) is 2.65. The first kappa shape index (κ1) is 24.6. The van der Waals surface area contributed by atoms with Crippen LogP contribution in [0.1, 0.15) is 26.5 Å². The van der Waals surface area contributed by atoms with Gasteiger partial charge in [0, 0.05) is 44.3 Å². The number of carbonyl (C=O) groups is 3. The summed E-state index contributed by atoms with van der Waals surface area (Å²) >= 11 is 0. The van der Waals surface area contributed by atoms with Crippen LogP contribution in [-0.4, -0.2) is 60.8 Å². The van der Waals surface area contributed by atoms with Crippen LogP contribution in [-0.2, 0) is 11.2 Å². The maximum atomic E-state index is 13.2. The second-order valence-corrected chi connectivity index (χ2v) is 5.81. The van der Waals surface area contributed by atoms with Gasteiger partial charge in [-0.3, -0.25) is 9.59 Å². The number of amides is 1. The quantitative estimate of drug-likeness (QED) is 0.326. The van der Waals surface area contributed by atoms with Crippen molar-refractivity contribution in [3.05, 3.63) is 65.2 Å². The van der Waals surface area contributed by atoms with Gasteiger partial charge in [-0.15, -0.1) is 0 Å². The lowest BCUT2D eigenvalue weighted by atomic mass is 10.1. The van der Waals surface area contributed by atoms with E-state index >= 15 is 0 Å². The predicted molar refractivity (Wildman–Crippen MR) is 112 cm³/mol. The van der Waals surface area contributed by atoms with E-state index in [1.54, 1.807) is 30.3 Å². The van der Waals surface area contributed by atoms with Gasteiger partial charge in [-0.2, -0.15) is 0 Å². The Morgan fingerprint density at radius 1 is 1.17 bits per heavy atom. The first-order valence-electron chi connectivity index (χ1n) is 9.08. The largest absolute Gasteiger partial charge is 0.400 e. The summed E-state index contributed by atoms with van der Waals surface area (Å²) < 4.78 is 13.2. The number of halogens is 1. The summed E-state index contributed by atoms with van der Waals surface area (Å²) in [4.78, 5) is 38.5. The predicted octanol–water partition coefficient (Wildman–Crippen LogP) is 1.50. The molecule has 8 nitrogen and oxygen atoms in total. The molecule has 0 saturated carbocycles. The maximum absolute atomic E-state index is 13.2. The lowest BCUT2D eigenvalue weighted by Gasteiger charge is -2.07. The molecular weight excluding hydrogens is 391 g/mol. The molecule has 1 aromatic heterocycles. The molecule has 160 valence electrons. The molecule has 0 radical (unpaired) electrons. The van der Waals surface area contributed by atoms with Crippen molar-refractivity contribution in [2.24, 2.45) is 0 Å². The number of nitrogens with one attached hydrogen (secondary N) is 3.